The number of methoxy groups -OCH3 is 2. The highest BCUT2D eigenvalue weighted by molar-refractivity contribution is 7.92. The molecule has 4 aromatic rings. The number of carbonyl (C=O) groups excluding carboxylic acids is 2. The third kappa shape index (κ3) is 15.9. The molecule has 2 saturated carbocycles. The Labute approximate surface area is 440 Å². The third-order valence-corrected chi connectivity index (χ3v) is 16.6. The normalized spacial score (nSPS) is 16.7. The Morgan fingerprint density at radius 2 is 1.00 bits per heavy atom. The van der Waals surface area contributed by atoms with Gasteiger partial charge >= 0.3 is 12.2 Å². The maximum atomic E-state index is 12.5. The number of sulfone groups is 2. The molecule has 2 aromatic carbocycles. The fourth-order valence-electron chi connectivity index (χ4n) is 7.20. The van der Waals surface area contributed by atoms with Gasteiger partial charge in [0.15, 0.2) is 24.8 Å². The summed E-state index contributed by atoms with van der Waals surface area (Å²) in [7, 11) is -3.65. The Bertz CT molecular complexity index is 2810. The second kappa shape index (κ2) is 23.9. The monoisotopic (exact) mass is 1110 g/mol. The zero-order chi connectivity index (χ0) is 53.5. The molecule has 0 spiro atoms. The van der Waals surface area contributed by atoms with Crippen LogP contribution in [-0.4, -0.2) is 138 Å². The number of hydrogen-bond acceptors (Lipinski definition) is 18. The Morgan fingerprint density at radius 3 is 1.41 bits per heavy atom. The van der Waals surface area contributed by atoms with Crippen LogP contribution in [0.1, 0.15) is 92.9 Å². The minimum absolute atomic E-state index is 0.0615. The first-order valence-electron chi connectivity index (χ1n) is 23.5. The number of aromatic hydroxyl groups is 1. The summed E-state index contributed by atoms with van der Waals surface area (Å²) in [5, 5.41) is 8.98. The number of halogens is 3. The molecule has 0 atom stereocenters. The zero-order valence-electron chi connectivity index (χ0n) is 41.8. The average molecular weight is 1120 g/mol. The molecule has 0 radical (unpaired) electrons. The number of likely N-dealkylation sites (tertiary alicyclic amines) is 2. The maximum Gasteiger partial charge on any atom is 0.410 e. The average Bonchev–Trinajstić information content (AvgIpc) is 4.25. The highest BCUT2D eigenvalue weighted by Crippen LogP contribution is 2.42. The van der Waals surface area contributed by atoms with Crippen molar-refractivity contribution in [3.8, 4) is 40.6 Å². The van der Waals surface area contributed by atoms with E-state index in [4.69, 9.17) is 73.1 Å². The Kier molecular flexibility index (Phi) is 18.7. The summed E-state index contributed by atoms with van der Waals surface area (Å²) < 4.78 is 87.6. The minimum atomic E-state index is -3.38. The van der Waals surface area contributed by atoms with Crippen LogP contribution >= 0.6 is 34.8 Å². The SMILES string of the molecule is COc1c(Cl)ncnc1OC1CCN(C(=O)OC(C)(C)C)CC1.COc1c(Oc2ccc(S(=O)(=O)C3CC3)cc2Cl)ncnc1OC1CCN(C(=O)OC(C)(C)C)CC1.O=S(=O)(c1ccc(O)c(Cl)c1)C1CC1. The van der Waals surface area contributed by atoms with Crippen LogP contribution in [0.3, 0.4) is 0 Å². The molecule has 4 fully saturated rings. The number of phenolic OH excluding ortho intramolecular Hbond substituents is 1. The van der Waals surface area contributed by atoms with E-state index >= 15 is 0 Å². The third-order valence-electron chi connectivity index (χ3n) is 11.2. The lowest BCUT2D eigenvalue weighted by Gasteiger charge is -2.33. The molecule has 2 amide bonds. The van der Waals surface area contributed by atoms with Crippen LogP contribution in [0.4, 0.5) is 9.59 Å². The number of carbonyl (C=O) groups is 2. The predicted molar refractivity (Wildman–Crippen MR) is 270 cm³/mol. The van der Waals surface area contributed by atoms with Gasteiger partial charge in [0.1, 0.15) is 47.6 Å². The Hall–Kier alpha value is -5.29. The predicted octanol–water partition coefficient (Wildman–Crippen LogP) is 9.54. The Morgan fingerprint density at radius 1 is 0.589 bits per heavy atom. The summed E-state index contributed by atoms with van der Waals surface area (Å²) in [6.07, 6.45) is 7.04. The summed E-state index contributed by atoms with van der Waals surface area (Å²) in [6.45, 7) is 13.2. The number of ether oxygens (including phenoxy) is 7. The van der Waals surface area contributed by atoms with Gasteiger partial charge in [-0.2, -0.15) is 15.0 Å². The highest BCUT2D eigenvalue weighted by Gasteiger charge is 2.38. The van der Waals surface area contributed by atoms with Crippen molar-refractivity contribution in [1.29, 1.82) is 0 Å². The molecular weight excluding hydrogens is 1060 g/mol. The largest absolute Gasteiger partial charge is 0.506 e. The first-order valence-corrected chi connectivity index (χ1v) is 27.7. The molecule has 2 aromatic heterocycles. The summed E-state index contributed by atoms with van der Waals surface area (Å²) in [4.78, 5) is 44.3. The summed E-state index contributed by atoms with van der Waals surface area (Å²) in [5.74, 6) is 1.22. The van der Waals surface area contributed by atoms with E-state index in [0.29, 0.717) is 76.3 Å². The van der Waals surface area contributed by atoms with E-state index in [2.05, 4.69) is 19.9 Å². The fourth-order valence-corrected chi connectivity index (χ4v) is 11.3. The van der Waals surface area contributed by atoms with Gasteiger partial charge < -0.3 is 48.1 Å². The first-order chi connectivity index (χ1) is 34.3. The minimum Gasteiger partial charge on any atom is -0.506 e. The van der Waals surface area contributed by atoms with Gasteiger partial charge in [-0.15, -0.1) is 0 Å². The fraction of sp³-hybridized carbons (Fsp3) is 0.542. The molecule has 25 heteroatoms. The molecule has 400 valence electrons. The standard InChI is InChI=1S/C24H30ClN3O7S.C15H22ClN3O4.C9H9ClO3S/c1-24(2,3)35-23(29)28-11-9-15(10-12-28)33-21-20(32-4)22(27-14-26-21)34-19-8-7-17(13-18(19)25)36(30,31)16-5-6-16;1-15(2,3)23-14(20)19-7-5-10(6-8-19)22-13-11(21-4)12(16)17-9-18-13;10-8-5-7(3-4-9(8)11)14(12,13)6-1-2-6/h7-8,13-16H,5-6,9-12H2,1-4H3;9-10H,5-8H2,1-4H3;3-6,11H,1-2H2. The van der Waals surface area contributed by atoms with Crippen LogP contribution in [-0.2, 0) is 29.1 Å². The second-order valence-corrected chi connectivity index (χ2v) is 25.0. The highest BCUT2D eigenvalue weighted by atomic mass is 35.5. The number of benzene rings is 2. The second-order valence-electron chi connectivity index (χ2n) is 19.4. The van der Waals surface area contributed by atoms with E-state index in [9.17, 15) is 26.4 Å². The Balaban J connectivity index is 0.000000199. The smallest absolute Gasteiger partial charge is 0.410 e. The molecule has 0 unspecified atom stereocenters. The van der Waals surface area contributed by atoms with E-state index in [1.54, 1.807) is 9.80 Å². The summed E-state index contributed by atoms with van der Waals surface area (Å²) in [5.41, 5.74) is -1.04. The van der Waals surface area contributed by atoms with Crippen molar-refractivity contribution in [1.82, 2.24) is 29.7 Å². The molecule has 20 nitrogen and oxygen atoms in total. The van der Waals surface area contributed by atoms with Crippen molar-refractivity contribution in [2.75, 3.05) is 40.4 Å². The lowest BCUT2D eigenvalue weighted by atomic mass is 10.1. The zero-order valence-corrected chi connectivity index (χ0v) is 45.7. The molecule has 0 bridgehead atoms. The van der Waals surface area contributed by atoms with Gasteiger partial charge in [0.2, 0.25) is 11.5 Å². The van der Waals surface area contributed by atoms with Crippen molar-refractivity contribution in [2.45, 2.75) is 137 Å². The van der Waals surface area contributed by atoms with Gasteiger partial charge in [-0.25, -0.2) is 31.4 Å². The molecule has 73 heavy (non-hydrogen) atoms. The molecule has 1 N–H and O–H groups in total. The first kappa shape index (κ1) is 57.0. The van der Waals surface area contributed by atoms with Gasteiger partial charge in [0, 0.05) is 51.9 Å². The molecule has 4 heterocycles. The molecule has 2 saturated heterocycles. The van der Waals surface area contributed by atoms with Crippen LogP contribution in [0.25, 0.3) is 0 Å². The molecular formula is C48H61Cl3N6O14S2. The van der Waals surface area contributed by atoms with Gasteiger partial charge in [-0.3, -0.25) is 0 Å². The topological polar surface area (TPSA) is 245 Å². The van der Waals surface area contributed by atoms with Crippen LogP contribution < -0.4 is 23.7 Å². The molecule has 8 rings (SSSR count). The number of phenols is 1. The van der Waals surface area contributed by atoms with Gasteiger partial charge in [0.25, 0.3) is 17.6 Å². The number of piperidine rings is 2. The van der Waals surface area contributed by atoms with Crippen molar-refractivity contribution in [3.05, 3.63) is 64.3 Å². The number of rotatable bonds is 12. The van der Waals surface area contributed by atoms with E-state index in [-0.39, 0.29) is 88.9 Å². The van der Waals surface area contributed by atoms with Crippen molar-refractivity contribution >= 4 is 66.7 Å². The molecule has 4 aliphatic rings. The van der Waals surface area contributed by atoms with Crippen LogP contribution in [0, 0.1) is 0 Å². The molecule has 2 aliphatic heterocycles. The van der Waals surface area contributed by atoms with Crippen molar-refractivity contribution < 1.29 is 64.7 Å². The van der Waals surface area contributed by atoms with Gasteiger partial charge in [-0.05, 0) is 104 Å². The van der Waals surface area contributed by atoms with E-state index in [1.165, 1.54) is 63.3 Å². The van der Waals surface area contributed by atoms with Crippen LogP contribution in [0.5, 0.6) is 40.6 Å². The lowest BCUT2D eigenvalue weighted by Crippen LogP contribution is -2.44. The van der Waals surface area contributed by atoms with E-state index in [1.807, 2.05) is 41.5 Å². The lowest BCUT2D eigenvalue weighted by molar-refractivity contribution is 0.0109. The maximum absolute atomic E-state index is 12.5. The summed E-state index contributed by atoms with van der Waals surface area (Å²) >= 11 is 17.9. The number of aromatic nitrogens is 4. The molecule has 2 aliphatic carbocycles. The van der Waals surface area contributed by atoms with Gasteiger partial charge in [0.05, 0.1) is 44.6 Å². The van der Waals surface area contributed by atoms with Crippen LogP contribution in [0.2, 0.25) is 15.2 Å². The van der Waals surface area contributed by atoms with Crippen molar-refractivity contribution in [3.63, 3.8) is 0 Å². The number of nitrogens with zero attached hydrogens (tertiary/aromatic N) is 6. The van der Waals surface area contributed by atoms with E-state index in [0.717, 1.165) is 12.8 Å². The van der Waals surface area contributed by atoms with Crippen molar-refractivity contribution in [2.24, 2.45) is 0 Å². The quantitative estimate of drug-likeness (QED) is 0.130. The van der Waals surface area contributed by atoms with Gasteiger partial charge in [-0.1, -0.05) is 34.8 Å². The number of hydrogen-bond donors (Lipinski definition) is 1. The van der Waals surface area contributed by atoms with Crippen LogP contribution in [0.15, 0.2) is 58.8 Å². The van der Waals surface area contributed by atoms with E-state index < -0.39 is 30.9 Å². The number of amides is 2. The summed E-state index contributed by atoms with van der Waals surface area (Å²) in [6, 6.07) is 8.33.